The summed E-state index contributed by atoms with van der Waals surface area (Å²) in [7, 11) is 0. The van der Waals surface area contributed by atoms with Crippen LogP contribution in [-0.2, 0) is 14.3 Å². The maximum absolute atomic E-state index is 13.0. The molecule has 35 heavy (non-hydrogen) atoms. The first kappa shape index (κ1) is 24.1. The third kappa shape index (κ3) is 4.80. The molecule has 1 fully saturated rings. The van der Waals surface area contributed by atoms with Gasteiger partial charge in [0, 0.05) is 24.7 Å². The van der Waals surface area contributed by atoms with Crippen LogP contribution in [0, 0.1) is 0 Å². The SMILES string of the molecule is CC(=O)Nc1ccc(N2C(=O)c3ccc(C(=O)OCC(=O)N4[C@H](C)CCC[C@H]4C)cc3C2=O)cc1. The number of piperidine rings is 1. The zero-order chi connectivity index (χ0) is 25.3. The van der Waals surface area contributed by atoms with E-state index in [0.29, 0.717) is 11.4 Å². The van der Waals surface area contributed by atoms with Gasteiger partial charge in [0.1, 0.15) is 0 Å². The molecule has 2 heterocycles. The number of imide groups is 1. The first-order valence-electron chi connectivity index (χ1n) is 11.6. The molecule has 2 aliphatic heterocycles. The van der Waals surface area contributed by atoms with E-state index in [0.717, 1.165) is 24.2 Å². The molecular weight excluding hydrogens is 450 g/mol. The second-order valence-corrected chi connectivity index (χ2v) is 8.94. The number of esters is 1. The molecule has 0 bridgehead atoms. The molecule has 9 heteroatoms. The number of ether oxygens (including phenoxy) is 1. The summed E-state index contributed by atoms with van der Waals surface area (Å²) in [5, 5.41) is 2.62. The summed E-state index contributed by atoms with van der Waals surface area (Å²) in [5.41, 5.74) is 1.21. The number of hydrogen-bond donors (Lipinski definition) is 1. The molecule has 2 aliphatic rings. The van der Waals surface area contributed by atoms with Gasteiger partial charge in [-0.05, 0) is 75.6 Å². The Kier molecular flexibility index (Phi) is 6.68. The van der Waals surface area contributed by atoms with Gasteiger partial charge in [-0.2, -0.15) is 0 Å². The average molecular weight is 478 g/mol. The van der Waals surface area contributed by atoms with E-state index >= 15 is 0 Å². The van der Waals surface area contributed by atoms with Crippen LogP contribution in [0.2, 0.25) is 0 Å². The van der Waals surface area contributed by atoms with Gasteiger partial charge >= 0.3 is 5.97 Å². The van der Waals surface area contributed by atoms with Gasteiger partial charge in [-0.15, -0.1) is 0 Å². The van der Waals surface area contributed by atoms with Gasteiger partial charge in [0.15, 0.2) is 6.61 Å². The first-order chi connectivity index (χ1) is 16.7. The molecule has 1 saturated heterocycles. The van der Waals surface area contributed by atoms with Gasteiger partial charge in [-0.1, -0.05) is 0 Å². The lowest BCUT2D eigenvalue weighted by Crippen LogP contribution is -2.49. The van der Waals surface area contributed by atoms with Crippen molar-refractivity contribution in [3.8, 4) is 0 Å². The van der Waals surface area contributed by atoms with Crippen molar-refractivity contribution >= 4 is 41.0 Å². The molecule has 182 valence electrons. The first-order valence-corrected chi connectivity index (χ1v) is 11.6. The van der Waals surface area contributed by atoms with Gasteiger partial charge < -0.3 is 15.0 Å². The Morgan fingerprint density at radius 2 is 1.57 bits per heavy atom. The van der Waals surface area contributed by atoms with Crippen molar-refractivity contribution < 1.29 is 28.7 Å². The third-order valence-corrected chi connectivity index (χ3v) is 6.38. The van der Waals surface area contributed by atoms with Crippen molar-refractivity contribution in [1.29, 1.82) is 0 Å². The number of amides is 4. The summed E-state index contributed by atoms with van der Waals surface area (Å²) in [6.07, 6.45) is 2.89. The van der Waals surface area contributed by atoms with E-state index in [1.165, 1.54) is 25.1 Å². The van der Waals surface area contributed by atoms with Gasteiger partial charge in [0.05, 0.1) is 22.4 Å². The number of rotatable bonds is 5. The normalized spacial score (nSPS) is 19.4. The second kappa shape index (κ2) is 9.69. The fourth-order valence-electron chi connectivity index (χ4n) is 4.70. The minimum Gasteiger partial charge on any atom is -0.452 e. The Morgan fingerprint density at radius 3 is 2.20 bits per heavy atom. The predicted octanol–water partition coefficient (Wildman–Crippen LogP) is 3.39. The minimum absolute atomic E-state index is 0.0833. The monoisotopic (exact) mass is 477 g/mol. The molecule has 2 aromatic carbocycles. The number of hydrogen-bond acceptors (Lipinski definition) is 6. The van der Waals surface area contributed by atoms with Crippen LogP contribution >= 0.6 is 0 Å². The molecule has 0 saturated carbocycles. The summed E-state index contributed by atoms with van der Waals surface area (Å²) >= 11 is 0. The lowest BCUT2D eigenvalue weighted by Gasteiger charge is -2.38. The quantitative estimate of drug-likeness (QED) is 0.522. The van der Waals surface area contributed by atoms with Gasteiger partial charge in [0.2, 0.25) is 5.91 Å². The highest BCUT2D eigenvalue weighted by Crippen LogP contribution is 2.30. The highest BCUT2D eigenvalue weighted by atomic mass is 16.5. The predicted molar refractivity (Wildman–Crippen MR) is 128 cm³/mol. The van der Waals surface area contributed by atoms with Crippen LogP contribution in [0.4, 0.5) is 11.4 Å². The van der Waals surface area contributed by atoms with Crippen molar-refractivity contribution in [3.63, 3.8) is 0 Å². The molecular formula is C26H27N3O6. The van der Waals surface area contributed by atoms with Crippen molar-refractivity contribution in [1.82, 2.24) is 4.90 Å². The molecule has 2 aromatic rings. The van der Waals surface area contributed by atoms with Crippen LogP contribution in [0.3, 0.4) is 0 Å². The average Bonchev–Trinajstić information content (AvgIpc) is 3.07. The maximum atomic E-state index is 13.0. The van der Waals surface area contributed by atoms with E-state index in [1.807, 2.05) is 13.8 Å². The number of fused-ring (bicyclic) bond motifs is 1. The molecule has 0 aromatic heterocycles. The zero-order valence-corrected chi connectivity index (χ0v) is 19.9. The summed E-state index contributed by atoms with van der Waals surface area (Å²) in [5.74, 6) is -2.31. The van der Waals surface area contributed by atoms with Gasteiger partial charge in [0.25, 0.3) is 17.7 Å². The summed E-state index contributed by atoms with van der Waals surface area (Å²) in [4.78, 5) is 65.1. The third-order valence-electron chi connectivity index (χ3n) is 6.38. The number of carbonyl (C=O) groups is 5. The number of anilines is 2. The molecule has 9 nitrogen and oxygen atoms in total. The fourth-order valence-corrected chi connectivity index (χ4v) is 4.70. The number of likely N-dealkylation sites (tertiary alicyclic amines) is 1. The smallest absolute Gasteiger partial charge is 0.338 e. The van der Waals surface area contributed by atoms with Crippen LogP contribution in [0.25, 0.3) is 0 Å². The highest BCUT2D eigenvalue weighted by Gasteiger charge is 2.37. The Bertz CT molecular complexity index is 1200. The molecule has 0 aliphatic carbocycles. The number of nitrogens with one attached hydrogen (secondary N) is 1. The highest BCUT2D eigenvalue weighted by molar-refractivity contribution is 6.34. The van der Waals surface area contributed by atoms with E-state index in [1.54, 1.807) is 29.2 Å². The van der Waals surface area contributed by atoms with Gasteiger partial charge in [-0.25, -0.2) is 9.69 Å². The van der Waals surface area contributed by atoms with Crippen LogP contribution in [0.1, 0.15) is 71.1 Å². The second-order valence-electron chi connectivity index (χ2n) is 8.94. The number of nitrogens with zero attached hydrogens (tertiary/aromatic N) is 2. The molecule has 2 atom stereocenters. The molecule has 4 amide bonds. The van der Waals surface area contributed by atoms with Crippen LogP contribution in [-0.4, -0.2) is 53.2 Å². The lowest BCUT2D eigenvalue weighted by atomic mass is 9.97. The van der Waals surface area contributed by atoms with E-state index in [-0.39, 0.29) is 47.2 Å². The van der Waals surface area contributed by atoms with Crippen LogP contribution < -0.4 is 10.2 Å². The van der Waals surface area contributed by atoms with Crippen LogP contribution in [0.15, 0.2) is 42.5 Å². The number of benzene rings is 2. The van der Waals surface area contributed by atoms with E-state index in [4.69, 9.17) is 4.74 Å². The topological polar surface area (TPSA) is 113 Å². The fraction of sp³-hybridized carbons (Fsp3) is 0.346. The van der Waals surface area contributed by atoms with Gasteiger partial charge in [-0.3, -0.25) is 19.2 Å². The van der Waals surface area contributed by atoms with Crippen molar-refractivity contribution in [2.24, 2.45) is 0 Å². The molecule has 1 N–H and O–H groups in total. The summed E-state index contributed by atoms with van der Waals surface area (Å²) in [6.45, 7) is 4.96. The Hall–Kier alpha value is -4.01. The van der Waals surface area contributed by atoms with Crippen molar-refractivity contribution in [2.75, 3.05) is 16.8 Å². The standard InChI is InChI=1S/C26H27N3O6/c1-15-5-4-6-16(2)28(15)23(31)14-35-26(34)18-7-12-21-22(13-18)25(33)29(24(21)32)20-10-8-19(9-11-20)27-17(3)30/h7-13,15-16H,4-6,14H2,1-3H3,(H,27,30)/t15-,16-/m1/s1. The summed E-state index contributed by atoms with van der Waals surface area (Å²) in [6, 6.07) is 10.6. The Morgan fingerprint density at radius 1 is 0.943 bits per heavy atom. The maximum Gasteiger partial charge on any atom is 0.338 e. The Balaban J connectivity index is 1.46. The van der Waals surface area contributed by atoms with Crippen molar-refractivity contribution in [2.45, 2.75) is 52.1 Å². The number of carbonyl (C=O) groups excluding carboxylic acids is 5. The van der Waals surface area contributed by atoms with E-state index in [9.17, 15) is 24.0 Å². The Labute approximate surface area is 203 Å². The van der Waals surface area contributed by atoms with Crippen molar-refractivity contribution in [3.05, 3.63) is 59.2 Å². The molecule has 0 spiro atoms. The van der Waals surface area contributed by atoms with Crippen LogP contribution in [0.5, 0.6) is 0 Å². The molecule has 0 radical (unpaired) electrons. The summed E-state index contributed by atoms with van der Waals surface area (Å²) < 4.78 is 5.24. The largest absolute Gasteiger partial charge is 0.452 e. The van der Waals surface area contributed by atoms with E-state index < -0.39 is 17.8 Å². The lowest BCUT2D eigenvalue weighted by molar-refractivity contribution is -0.140. The molecule has 4 rings (SSSR count). The zero-order valence-electron chi connectivity index (χ0n) is 19.9. The minimum atomic E-state index is -0.739. The molecule has 0 unspecified atom stereocenters. The van der Waals surface area contributed by atoms with E-state index in [2.05, 4.69) is 5.32 Å².